The first kappa shape index (κ1) is 18.8. The van der Waals surface area contributed by atoms with Gasteiger partial charge in [-0.15, -0.1) is 0 Å². The van der Waals surface area contributed by atoms with Crippen LogP contribution in [0, 0.1) is 0 Å². The Morgan fingerprint density at radius 1 is 1.12 bits per heavy atom. The summed E-state index contributed by atoms with van der Waals surface area (Å²) >= 11 is 10.1. The number of thioether (sulfide) groups is 1. The molecule has 134 valence electrons. The highest BCUT2D eigenvalue weighted by atomic mass is 79.9. The van der Waals surface area contributed by atoms with Gasteiger partial charge in [-0.05, 0) is 54.2 Å². The minimum absolute atomic E-state index is 0.295. The number of carbonyl (C=O) groups is 2. The number of hydrogen-bond donors (Lipinski definition) is 0. The molecule has 0 aliphatic carbocycles. The lowest BCUT2D eigenvalue weighted by Crippen LogP contribution is -2.27. The number of ether oxygens (including phenoxy) is 2. The molecule has 1 aliphatic heterocycles. The van der Waals surface area contributed by atoms with Crippen LogP contribution >= 0.6 is 39.3 Å². The summed E-state index contributed by atoms with van der Waals surface area (Å²) in [7, 11) is 3.05. The summed E-state index contributed by atoms with van der Waals surface area (Å²) in [6, 6.07) is 10.1. The fraction of sp³-hybridized carbons (Fsp3) is 0.111. The number of methoxy groups -OCH3 is 2. The van der Waals surface area contributed by atoms with E-state index in [1.165, 1.54) is 14.2 Å². The smallest absolute Gasteiger partial charge is 0.298 e. The Morgan fingerprint density at radius 3 is 2.42 bits per heavy atom. The number of hydrogen-bond acceptors (Lipinski definition) is 5. The van der Waals surface area contributed by atoms with Gasteiger partial charge in [0.05, 0.1) is 24.8 Å². The van der Waals surface area contributed by atoms with E-state index in [0.717, 1.165) is 21.1 Å². The van der Waals surface area contributed by atoms with Crippen molar-refractivity contribution in [2.24, 2.45) is 0 Å². The second-order valence-electron chi connectivity index (χ2n) is 5.22. The van der Waals surface area contributed by atoms with E-state index < -0.39 is 5.91 Å². The van der Waals surface area contributed by atoms with Crippen LogP contribution in [-0.2, 0) is 4.79 Å². The fourth-order valence-electron chi connectivity index (χ4n) is 2.49. The summed E-state index contributed by atoms with van der Waals surface area (Å²) in [5.41, 5.74) is 1.10. The summed E-state index contributed by atoms with van der Waals surface area (Å²) in [4.78, 5) is 26.5. The van der Waals surface area contributed by atoms with Gasteiger partial charge in [0.25, 0.3) is 11.1 Å². The minimum Gasteiger partial charge on any atom is -0.493 e. The minimum atomic E-state index is -0.400. The molecule has 0 spiro atoms. The highest BCUT2D eigenvalue weighted by Gasteiger charge is 2.36. The van der Waals surface area contributed by atoms with E-state index in [-0.39, 0.29) is 5.24 Å². The Balaban J connectivity index is 2.01. The van der Waals surface area contributed by atoms with Crippen molar-refractivity contribution in [1.29, 1.82) is 0 Å². The van der Waals surface area contributed by atoms with Gasteiger partial charge in [-0.1, -0.05) is 27.5 Å². The van der Waals surface area contributed by atoms with Crippen molar-refractivity contribution in [2.75, 3.05) is 19.1 Å². The molecule has 0 N–H and O–H groups in total. The number of halogens is 2. The number of benzene rings is 2. The average Bonchev–Trinajstić information content (AvgIpc) is 2.89. The maximum absolute atomic E-state index is 12.7. The van der Waals surface area contributed by atoms with Crippen LogP contribution in [0.5, 0.6) is 11.5 Å². The first-order valence-electron chi connectivity index (χ1n) is 7.39. The molecule has 1 heterocycles. The van der Waals surface area contributed by atoms with Gasteiger partial charge in [-0.2, -0.15) is 0 Å². The first-order chi connectivity index (χ1) is 12.4. The van der Waals surface area contributed by atoms with Gasteiger partial charge in [0.2, 0.25) is 0 Å². The Labute approximate surface area is 168 Å². The zero-order valence-corrected chi connectivity index (χ0v) is 16.9. The van der Waals surface area contributed by atoms with Crippen LogP contribution in [0.15, 0.2) is 45.8 Å². The summed E-state index contributed by atoms with van der Waals surface area (Å²) in [5, 5.41) is 0.159. The second-order valence-corrected chi connectivity index (χ2v) is 7.57. The maximum atomic E-state index is 12.7. The average molecular weight is 455 g/mol. The van der Waals surface area contributed by atoms with Gasteiger partial charge < -0.3 is 9.47 Å². The third-order valence-electron chi connectivity index (χ3n) is 3.64. The van der Waals surface area contributed by atoms with E-state index in [2.05, 4.69) is 15.9 Å². The number of carbonyl (C=O) groups excluding carboxylic acids is 2. The lowest BCUT2D eigenvalue weighted by molar-refractivity contribution is -0.113. The first-order valence-corrected chi connectivity index (χ1v) is 9.38. The predicted octanol–water partition coefficient (Wildman–Crippen LogP) is 5.36. The van der Waals surface area contributed by atoms with Gasteiger partial charge in [-0.3, -0.25) is 9.59 Å². The van der Waals surface area contributed by atoms with Crippen LogP contribution in [0.4, 0.5) is 10.5 Å². The third-order valence-corrected chi connectivity index (χ3v) is 5.22. The fourth-order valence-corrected chi connectivity index (χ4v) is 3.90. The zero-order chi connectivity index (χ0) is 18.8. The van der Waals surface area contributed by atoms with Crippen LogP contribution in [0.25, 0.3) is 6.08 Å². The molecule has 8 heteroatoms. The molecular formula is C18H13BrClNO4S. The Kier molecular flexibility index (Phi) is 5.60. The van der Waals surface area contributed by atoms with Gasteiger partial charge in [0, 0.05) is 15.1 Å². The van der Waals surface area contributed by atoms with E-state index >= 15 is 0 Å². The number of imide groups is 1. The summed E-state index contributed by atoms with van der Waals surface area (Å²) in [5.74, 6) is 0.599. The standard InChI is InChI=1S/C18H13BrClNO4S/c1-24-14-9-11(19)7-10(16(14)25-2)8-15-17(22)21(18(23)26-15)13-5-3-12(20)4-6-13/h3-9H,1-2H3/b15-8+. The summed E-state index contributed by atoms with van der Waals surface area (Å²) in [6.07, 6.45) is 1.62. The number of rotatable bonds is 4. The van der Waals surface area contributed by atoms with E-state index in [1.807, 2.05) is 0 Å². The molecule has 0 bridgehead atoms. The highest BCUT2D eigenvalue weighted by molar-refractivity contribution is 9.10. The van der Waals surface area contributed by atoms with E-state index in [9.17, 15) is 9.59 Å². The van der Waals surface area contributed by atoms with Gasteiger partial charge >= 0.3 is 0 Å². The SMILES string of the molecule is COc1cc(Br)cc(/C=C2/SC(=O)N(c3ccc(Cl)cc3)C2=O)c1OC. The zero-order valence-electron chi connectivity index (χ0n) is 13.8. The molecule has 0 unspecified atom stereocenters. The number of nitrogens with zero attached hydrogens (tertiary/aromatic N) is 1. The van der Waals surface area contributed by atoms with Crippen LogP contribution in [0.1, 0.15) is 5.56 Å². The molecule has 2 amide bonds. The Hall–Kier alpha value is -1.96. The normalized spacial score (nSPS) is 15.7. The second kappa shape index (κ2) is 7.73. The maximum Gasteiger partial charge on any atom is 0.298 e. The third kappa shape index (κ3) is 3.60. The summed E-state index contributed by atoms with van der Waals surface area (Å²) < 4.78 is 11.5. The molecule has 1 aliphatic rings. The molecule has 0 aromatic heterocycles. The summed E-state index contributed by atoms with van der Waals surface area (Å²) in [6.45, 7) is 0. The van der Waals surface area contributed by atoms with Gasteiger partial charge in [0.1, 0.15) is 0 Å². The lowest BCUT2D eigenvalue weighted by Gasteiger charge is -2.13. The van der Waals surface area contributed by atoms with Gasteiger partial charge in [0.15, 0.2) is 11.5 Å². The van der Waals surface area contributed by atoms with Crippen LogP contribution in [-0.4, -0.2) is 25.4 Å². The number of anilines is 1. The van der Waals surface area contributed by atoms with Gasteiger partial charge in [-0.25, -0.2) is 4.90 Å². The monoisotopic (exact) mass is 453 g/mol. The molecule has 0 atom stereocenters. The Bertz CT molecular complexity index is 914. The van der Waals surface area contributed by atoms with Crippen LogP contribution < -0.4 is 14.4 Å². The molecule has 0 radical (unpaired) electrons. The van der Waals surface area contributed by atoms with E-state index in [1.54, 1.807) is 42.5 Å². The van der Waals surface area contributed by atoms with Crippen molar-refractivity contribution < 1.29 is 19.1 Å². The van der Waals surface area contributed by atoms with Crippen molar-refractivity contribution in [3.8, 4) is 11.5 Å². The van der Waals surface area contributed by atoms with Crippen LogP contribution in [0.3, 0.4) is 0 Å². The molecule has 0 saturated carbocycles. The lowest BCUT2D eigenvalue weighted by atomic mass is 10.1. The Morgan fingerprint density at radius 2 is 1.81 bits per heavy atom. The topological polar surface area (TPSA) is 55.8 Å². The molecule has 5 nitrogen and oxygen atoms in total. The largest absolute Gasteiger partial charge is 0.493 e. The molecule has 2 aromatic rings. The number of amides is 2. The highest BCUT2D eigenvalue weighted by Crippen LogP contribution is 2.40. The van der Waals surface area contributed by atoms with Crippen molar-refractivity contribution >= 4 is 62.2 Å². The van der Waals surface area contributed by atoms with Crippen molar-refractivity contribution in [3.63, 3.8) is 0 Å². The molecule has 2 aromatic carbocycles. The van der Waals surface area contributed by atoms with Crippen LogP contribution in [0.2, 0.25) is 5.02 Å². The van der Waals surface area contributed by atoms with Crippen molar-refractivity contribution in [1.82, 2.24) is 0 Å². The van der Waals surface area contributed by atoms with E-state index in [4.69, 9.17) is 21.1 Å². The quantitative estimate of drug-likeness (QED) is 0.582. The van der Waals surface area contributed by atoms with Crippen molar-refractivity contribution in [2.45, 2.75) is 0 Å². The molecule has 3 rings (SSSR count). The predicted molar refractivity (Wildman–Crippen MR) is 107 cm³/mol. The molecule has 26 heavy (non-hydrogen) atoms. The van der Waals surface area contributed by atoms with E-state index in [0.29, 0.717) is 32.7 Å². The molecular weight excluding hydrogens is 442 g/mol. The molecule has 1 saturated heterocycles. The molecule has 1 fully saturated rings. The van der Waals surface area contributed by atoms with Crippen molar-refractivity contribution in [3.05, 3.63) is 56.4 Å².